The topological polar surface area (TPSA) is 29.5 Å². The summed E-state index contributed by atoms with van der Waals surface area (Å²) >= 11 is 0. The Hall–Kier alpha value is -2.91. The van der Waals surface area contributed by atoms with Crippen LogP contribution in [0.2, 0.25) is 0 Å². The zero-order valence-electron chi connectivity index (χ0n) is 14.0. The molecule has 0 aromatic heterocycles. The molecule has 1 atom stereocenters. The second-order valence-electron chi connectivity index (χ2n) is 5.81. The van der Waals surface area contributed by atoms with E-state index in [1.165, 1.54) is 0 Å². The molecule has 0 saturated carbocycles. The van der Waals surface area contributed by atoms with Crippen molar-refractivity contribution in [3.05, 3.63) is 102 Å². The maximum absolute atomic E-state index is 11.8. The zero-order valence-corrected chi connectivity index (χ0v) is 14.0. The van der Waals surface area contributed by atoms with Crippen LogP contribution >= 0.6 is 0 Å². The third kappa shape index (κ3) is 4.78. The number of benzene rings is 3. The standard InChI is InChI=1S/C22H21NO2/c24-17-22(16-19-10-4-1-5-11-19)23(21-14-8-3-9-15-21)25-18-20-12-6-2-7-13-20/h1-15,17,22H,16,18H2/t22-/m0/s1. The van der Waals surface area contributed by atoms with E-state index < -0.39 is 6.04 Å². The van der Waals surface area contributed by atoms with E-state index in [1.807, 2.05) is 91.0 Å². The van der Waals surface area contributed by atoms with E-state index in [1.54, 1.807) is 5.06 Å². The van der Waals surface area contributed by atoms with E-state index in [0.717, 1.165) is 23.1 Å². The van der Waals surface area contributed by atoms with Crippen LogP contribution in [0.25, 0.3) is 0 Å². The van der Waals surface area contributed by atoms with E-state index in [4.69, 9.17) is 4.84 Å². The van der Waals surface area contributed by atoms with Crippen LogP contribution in [0, 0.1) is 0 Å². The van der Waals surface area contributed by atoms with Crippen molar-refractivity contribution in [1.29, 1.82) is 0 Å². The van der Waals surface area contributed by atoms with E-state index in [2.05, 4.69) is 0 Å². The van der Waals surface area contributed by atoms with Gasteiger partial charge in [-0.05, 0) is 23.3 Å². The number of carbonyl (C=O) groups excluding carboxylic acids is 1. The number of hydrogen-bond donors (Lipinski definition) is 0. The molecule has 3 aromatic carbocycles. The minimum Gasteiger partial charge on any atom is -0.301 e. The molecule has 0 aliphatic carbocycles. The fraction of sp³-hybridized carbons (Fsp3) is 0.136. The quantitative estimate of drug-likeness (QED) is 0.451. The molecule has 3 rings (SSSR count). The Morgan fingerprint density at radius 1 is 0.760 bits per heavy atom. The van der Waals surface area contributed by atoms with Crippen molar-refractivity contribution >= 4 is 12.0 Å². The Labute approximate surface area is 148 Å². The van der Waals surface area contributed by atoms with Gasteiger partial charge >= 0.3 is 0 Å². The average Bonchev–Trinajstić information content (AvgIpc) is 2.69. The summed E-state index contributed by atoms with van der Waals surface area (Å²) in [4.78, 5) is 17.9. The number of aldehydes is 1. The molecule has 3 heteroatoms. The summed E-state index contributed by atoms with van der Waals surface area (Å²) in [7, 11) is 0. The monoisotopic (exact) mass is 331 g/mol. The summed E-state index contributed by atoms with van der Waals surface area (Å²) in [5, 5.41) is 1.72. The van der Waals surface area contributed by atoms with Crippen molar-refractivity contribution in [3.63, 3.8) is 0 Å². The third-order valence-corrected chi connectivity index (χ3v) is 3.97. The summed E-state index contributed by atoms with van der Waals surface area (Å²) in [5.41, 5.74) is 3.03. The van der Waals surface area contributed by atoms with Crippen LogP contribution in [0.4, 0.5) is 5.69 Å². The highest BCUT2D eigenvalue weighted by molar-refractivity contribution is 5.65. The van der Waals surface area contributed by atoms with E-state index in [-0.39, 0.29) is 0 Å². The van der Waals surface area contributed by atoms with Crippen molar-refractivity contribution in [2.75, 3.05) is 5.06 Å². The molecule has 0 fully saturated rings. The van der Waals surface area contributed by atoms with E-state index in [0.29, 0.717) is 13.0 Å². The first-order valence-electron chi connectivity index (χ1n) is 8.37. The number of hydrogen-bond acceptors (Lipinski definition) is 3. The Morgan fingerprint density at radius 2 is 1.28 bits per heavy atom. The van der Waals surface area contributed by atoms with E-state index >= 15 is 0 Å². The fourth-order valence-corrected chi connectivity index (χ4v) is 2.70. The highest BCUT2D eigenvalue weighted by Gasteiger charge is 2.20. The van der Waals surface area contributed by atoms with Crippen molar-refractivity contribution in [1.82, 2.24) is 0 Å². The number of rotatable bonds is 8. The first kappa shape index (κ1) is 16.9. The largest absolute Gasteiger partial charge is 0.301 e. The Morgan fingerprint density at radius 3 is 1.84 bits per heavy atom. The number of nitrogens with zero attached hydrogens (tertiary/aromatic N) is 1. The Kier molecular flexibility index (Phi) is 5.96. The molecular formula is C22H21NO2. The van der Waals surface area contributed by atoms with Crippen molar-refractivity contribution in [2.24, 2.45) is 0 Å². The summed E-state index contributed by atoms with van der Waals surface area (Å²) < 4.78 is 0. The van der Waals surface area contributed by atoms with Gasteiger partial charge in [0.2, 0.25) is 0 Å². The SMILES string of the molecule is O=C[C@H](Cc1ccccc1)N(OCc1ccccc1)c1ccccc1. The molecule has 0 amide bonds. The first-order chi connectivity index (χ1) is 12.4. The molecule has 0 spiro atoms. The molecule has 0 unspecified atom stereocenters. The lowest BCUT2D eigenvalue weighted by molar-refractivity contribution is -0.111. The van der Waals surface area contributed by atoms with Crippen LogP contribution in [-0.4, -0.2) is 12.3 Å². The average molecular weight is 331 g/mol. The molecule has 126 valence electrons. The van der Waals surface area contributed by atoms with Gasteiger partial charge < -0.3 is 4.79 Å². The van der Waals surface area contributed by atoms with Gasteiger partial charge in [-0.1, -0.05) is 78.9 Å². The normalized spacial score (nSPS) is 11.7. The maximum Gasteiger partial charge on any atom is 0.145 e. The molecule has 3 nitrogen and oxygen atoms in total. The second-order valence-corrected chi connectivity index (χ2v) is 5.81. The minimum absolute atomic E-state index is 0.395. The van der Waals surface area contributed by atoms with Crippen LogP contribution in [-0.2, 0) is 22.7 Å². The number of para-hydroxylation sites is 1. The molecule has 0 N–H and O–H groups in total. The molecule has 25 heavy (non-hydrogen) atoms. The van der Waals surface area contributed by atoms with Gasteiger partial charge in [0.15, 0.2) is 0 Å². The van der Waals surface area contributed by atoms with E-state index in [9.17, 15) is 4.79 Å². The third-order valence-electron chi connectivity index (χ3n) is 3.97. The zero-order chi connectivity index (χ0) is 17.3. The molecule has 0 aliphatic rings. The lowest BCUT2D eigenvalue weighted by Gasteiger charge is -2.29. The first-order valence-corrected chi connectivity index (χ1v) is 8.37. The number of anilines is 1. The number of carbonyl (C=O) groups is 1. The van der Waals surface area contributed by atoms with Crippen LogP contribution in [0.3, 0.4) is 0 Å². The number of hydroxylamine groups is 1. The Bertz CT molecular complexity index is 760. The predicted molar refractivity (Wildman–Crippen MR) is 100 cm³/mol. The fourth-order valence-electron chi connectivity index (χ4n) is 2.70. The molecule has 0 saturated heterocycles. The Balaban J connectivity index is 1.80. The highest BCUT2D eigenvalue weighted by Crippen LogP contribution is 2.20. The van der Waals surface area contributed by atoms with Crippen LogP contribution < -0.4 is 5.06 Å². The van der Waals surface area contributed by atoms with Crippen LogP contribution in [0.15, 0.2) is 91.0 Å². The van der Waals surface area contributed by atoms with Gasteiger partial charge in [0.1, 0.15) is 12.3 Å². The highest BCUT2D eigenvalue weighted by atomic mass is 16.7. The summed E-state index contributed by atoms with van der Waals surface area (Å²) in [6.07, 6.45) is 1.54. The van der Waals surface area contributed by atoms with Crippen molar-refractivity contribution in [2.45, 2.75) is 19.1 Å². The predicted octanol–water partition coefficient (Wildman–Crippen LogP) is 4.44. The van der Waals surface area contributed by atoms with Crippen molar-refractivity contribution in [3.8, 4) is 0 Å². The summed E-state index contributed by atoms with van der Waals surface area (Å²) in [5.74, 6) is 0. The molecule has 0 radical (unpaired) electrons. The van der Waals surface area contributed by atoms with Crippen LogP contribution in [0.5, 0.6) is 0 Å². The smallest absolute Gasteiger partial charge is 0.145 e. The van der Waals surface area contributed by atoms with Gasteiger partial charge in [-0.25, -0.2) is 5.06 Å². The molecule has 0 aliphatic heterocycles. The minimum atomic E-state index is -0.395. The van der Waals surface area contributed by atoms with Crippen LogP contribution in [0.1, 0.15) is 11.1 Å². The molecule has 0 bridgehead atoms. The molecule has 0 heterocycles. The van der Waals surface area contributed by atoms with Gasteiger partial charge in [-0.15, -0.1) is 0 Å². The van der Waals surface area contributed by atoms with Gasteiger partial charge in [0.05, 0.1) is 12.3 Å². The second kappa shape index (κ2) is 8.81. The van der Waals surface area contributed by atoms with Gasteiger partial charge in [-0.3, -0.25) is 4.84 Å². The molecular weight excluding hydrogens is 310 g/mol. The van der Waals surface area contributed by atoms with Gasteiger partial charge in [-0.2, -0.15) is 0 Å². The lowest BCUT2D eigenvalue weighted by atomic mass is 10.1. The summed E-state index contributed by atoms with van der Waals surface area (Å²) in [6, 6.07) is 29.3. The van der Waals surface area contributed by atoms with Crippen molar-refractivity contribution < 1.29 is 9.63 Å². The van der Waals surface area contributed by atoms with Gasteiger partial charge in [0, 0.05) is 6.42 Å². The maximum atomic E-state index is 11.8. The lowest BCUT2D eigenvalue weighted by Crippen LogP contribution is -2.38. The van der Waals surface area contributed by atoms with Gasteiger partial charge in [0.25, 0.3) is 0 Å². The molecule has 3 aromatic rings. The summed E-state index contributed by atoms with van der Waals surface area (Å²) in [6.45, 7) is 0.412.